The Morgan fingerprint density at radius 1 is 1.03 bits per heavy atom. The summed E-state index contributed by atoms with van der Waals surface area (Å²) in [4.78, 5) is 27.1. The number of sulfonamides is 1. The van der Waals surface area contributed by atoms with Crippen LogP contribution < -0.4 is 0 Å². The fourth-order valence-electron chi connectivity index (χ4n) is 4.06. The molecule has 0 amide bonds. The Morgan fingerprint density at radius 2 is 1.76 bits per heavy atom. The molecule has 7 nitrogen and oxygen atoms in total. The van der Waals surface area contributed by atoms with Crippen LogP contribution in [0.4, 0.5) is 0 Å². The number of rotatable bonds is 8. The Balaban J connectivity index is 1.41. The zero-order chi connectivity index (χ0) is 24.1. The minimum atomic E-state index is -3.89. The maximum atomic E-state index is 13.3. The van der Waals surface area contributed by atoms with Crippen molar-refractivity contribution in [2.45, 2.75) is 24.2 Å². The summed E-state index contributed by atoms with van der Waals surface area (Å²) in [6.45, 7) is 0.309. The second-order valence-corrected chi connectivity index (χ2v) is 10.6. The second-order valence-electron chi connectivity index (χ2n) is 8.27. The van der Waals surface area contributed by atoms with Gasteiger partial charge in [0.15, 0.2) is 6.61 Å². The molecule has 0 saturated carbocycles. The van der Waals surface area contributed by atoms with Crippen molar-refractivity contribution in [3.63, 3.8) is 0 Å². The first-order chi connectivity index (χ1) is 16.3. The van der Waals surface area contributed by atoms with Crippen LogP contribution in [0.3, 0.4) is 0 Å². The van der Waals surface area contributed by atoms with Crippen LogP contribution in [-0.2, 0) is 21.2 Å². The first kappa shape index (κ1) is 24.2. The molecule has 0 atom stereocenters. The summed E-state index contributed by atoms with van der Waals surface area (Å²) >= 11 is 6.22. The summed E-state index contributed by atoms with van der Waals surface area (Å²) in [5, 5.41) is 0.0328. The molecule has 178 valence electrons. The standard InChI is InChI=1S/C25H25ClN2O5S/c26-21-9-8-20(25(30)33-17-23(29)22-7-4-12-27-22)16-24(21)34(31,32)28-13-10-19(11-14-28)15-18-5-2-1-3-6-18/h1-9,12,16,19,27H,10-11,13-15,17H2. The molecule has 9 heteroatoms. The fraction of sp³-hybridized carbons (Fsp3) is 0.280. The SMILES string of the molecule is O=C(OCC(=O)c1ccc[nH]1)c1ccc(Cl)c(S(=O)(=O)N2CCC(Cc3ccccc3)CC2)c1. The smallest absolute Gasteiger partial charge is 0.338 e. The van der Waals surface area contributed by atoms with Gasteiger partial charge in [-0.15, -0.1) is 0 Å². The van der Waals surface area contributed by atoms with E-state index in [1.165, 1.54) is 28.1 Å². The Bertz CT molecular complexity index is 1250. The zero-order valence-electron chi connectivity index (χ0n) is 18.4. The summed E-state index contributed by atoms with van der Waals surface area (Å²) in [7, 11) is -3.89. The van der Waals surface area contributed by atoms with Gasteiger partial charge in [-0.3, -0.25) is 4.79 Å². The van der Waals surface area contributed by atoms with Gasteiger partial charge in [0.25, 0.3) is 0 Å². The van der Waals surface area contributed by atoms with E-state index in [0.29, 0.717) is 24.7 Å². The maximum Gasteiger partial charge on any atom is 0.338 e. The van der Waals surface area contributed by atoms with Crippen molar-refractivity contribution >= 4 is 33.4 Å². The van der Waals surface area contributed by atoms with E-state index in [0.717, 1.165) is 19.3 Å². The van der Waals surface area contributed by atoms with E-state index in [1.54, 1.807) is 18.3 Å². The van der Waals surface area contributed by atoms with E-state index in [1.807, 2.05) is 18.2 Å². The monoisotopic (exact) mass is 500 g/mol. The van der Waals surface area contributed by atoms with Crippen LogP contribution in [0.2, 0.25) is 5.02 Å². The number of benzene rings is 2. The molecule has 1 aliphatic rings. The molecule has 1 N–H and O–H groups in total. The Hall–Kier alpha value is -2.94. The molecule has 0 unspecified atom stereocenters. The van der Waals surface area contributed by atoms with Gasteiger partial charge < -0.3 is 9.72 Å². The van der Waals surface area contributed by atoms with E-state index in [-0.39, 0.29) is 15.5 Å². The van der Waals surface area contributed by atoms with Gasteiger partial charge in [-0.05, 0) is 61.1 Å². The lowest BCUT2D eigenvalue weighted by molar-refractivity contribution is 0.0473. The van der Waals surface area contributed by atoms with Crippen molar-refractivity contribution in [3.8, 4) is 0 Å². The molecule has 34 heavy (non-hydrogen) atoms. The third-order valence-corrected chi connectivity index (χ3v) is 8.34. The predicted octanol–water partition coefficient (Wildman–Crippen LogP) is 4.35. The highest BCUT2D eigenvalue weighted by molar-refractivity contribution is 7.89. The molecule has 1 aliphatic heterocycles. The number of ketones is 1. The zero-order valence-corrected chi connectivity index (χ0v) is 20.0. The number of nitrogens with one attached hydrogen (secondary N) is 1. The van der Waals surface area contributed by atoms with Crippen molar-refractivity contribution in [1.82, 2.24) is 9.29 Å². The lowest BCUT2D eigenvalue weighted by Crippen LogP contribution is -2.39. The number of carbonyl (C=O) groups excluding carboxylic acids is 2. The topological polar surface area (TPSA) is 96.5 Å². The summed E-state index contributed by atoms with van der Waals surface area (Å²) in [5.41, 5.74) is 1.58. The molecule has 4 rings (SSSR count). The molecule has 3 aromatic rings. The molecular weight excluding hydrogens is 476 g/mol. The van der Waals surface area contributed by atoms with Crippen molar-refractivity contribution in [3.05, 3.63) is 88.7 Å². The van der Waals surface area contributed by atoms with E-state index in [2.05, 4.69) is 17.1 Å². The number of halogens is 1. The predicted molar refractivity (Wildman–Crippen MR) is 128 cm³/mol. The highest BCUT2D eigenvalue weighted by Crippen LogP contribution is 2.30. The largest absolute Gasteiger partial charge is 0.454 e. The Morgan fingerprint density at radius 3 is 2.44 bits per heavy atom. The second kappa shape index (κ2) is 10.5. The van der Waals surface area contributed by atoms with Gasteiger partial charge in [-0.25, -0.2) is 13.2 Å². The molecule has 2 aromatic carbocycles. The van der Waals surface area contributed by atoms with Crippen LogP contribution in [0.15, 0.2) is 71.8 Å². The Kier molecular flexibility index (Phi) is 7.50. The number of nitrogens with zero attached hydrogens (tertiary/aromatic N) is 1. The average molecular weight is 501 g/mol. The van der Waals surface area contributed by atoms with Crippen LogP contribution in [-0.4, -0.2) is 49.2 Å². The number of ether oxygens (including phenoxy) is 1. The highest BCUT2D eigenvalue weighted by atomic mass is 35.5. The number of hydrogen-bond acceptors (Lipinski definition) is 5. The van der Waals surface area contributed by atoms with Crippen LogP contribution in [0.5, 0.6) is 0 Å². The third kappa shape index (κ3) is 5.58. The number of H-pyrrole nitrogens is 1. The number of esters is 1. The minimum absolute atomic E-state index is 0.0150. The van der Waals surface area contributed by atoms with Gasteiger partial charge in [0.1, 0.15) is 4.90 Å². The molecule has 1 fully saturated rings. The maximum absolute atomic E-state index is 13.3. The van der Waals surface area contributed by atoms with Crippen LogP contribution in [0.25, 0.3) is 0 Å². The van der Waals surface area contributed by atoms with Crippen LogP contribution >= 0.6 is 11.6 Å². The number of aromatic nitrogens is 1. The van der Waals surface area contributed by atoms with Crippen molar-refractivity contribution in [2.75, 3.05) is 19.7 Å². The number of hydrogen-bond donors (Lipinski definition) is 1. The van der Waals surface area contributed by atoms with Crippen molar-refractivity contribution < 1.29 is 22.7 Å². The van der Waals surface area contributed by atoms with E-state index >= 15 is 0 Å². The number of carbonyl (C=O) groups is 2. The first-order valence-corrected chi connectivity index (χ1v) is 12.8. The molecule has 0 aliphatic carbocycles. The van der Waals surface area contributed by atoms with Crippen LogP contribution in [0.1, 0.15) is 39.3 Å². The number of aromatic amines is 1. The molecule has 0 radical (unpaired) electrons. The van der Waals surface area contributed by atoms with E-state index < -0.39 is 28.4 Å². The number of piperidine rings is 1. The lowest BCUT2D eigenvalue weighted by atomic mass is 9.91. The summed E-state index contributed by atoms with van der Waals surface area (Å²) in [6.07, 6.45) is 4.00. The van der Waals surface area contributed by atoms with E-state index in [9.17, 15) is 18.0 Å². The summed E-state index contributed by atoms with van der Waals surface area (Å²) in [5.74, 6) is -0.782. The quantitative estimate of drug-likeness (QED) is 0.366. The van der Waals surface area contributed by atoms with Crippen LogP contribution in [0, 0.1) is 5.92 Å². The third-order valence-electron chi connectivity index (χ3n) is 5.96. The Labute approximate surface area is 203 Å². The van der Waals surface area contributed by atoms with Gasteiger partial charge >= 0.3 is 5.97 Å². The molecule has 2 heterocycles. The molecule has 0 spiro atoms. The van der Waals surface area contributed by atoms with Gasteiger partial charge in [0, 0.05) is 19.3 Å². The van der Waals surface area contributed by atoms with E-state index in [4.69, 9.17) is 16.3 Å². The minimum Gasteiger partial charge on any atom is -0.454 e. The van der Waals surface area contributed by atoms with Gasteiger partial charge in [0.2, 0.25) is 15.8 Å². The first-order valence-electron chi connectivity index (χ1n) is 11.0. The molecule has 0 bridgehead atoms. The summed E-state index contributed by atoms with van der Waals surface area (Å²) in [6, 6.07) is 17.4. The number of Topliss-reactive ketones (excluding diaryl/α,β-unsaturated/α-hetero) is 1. The van der Waals surface area contributed by atoms with Crippen molar-refractivity contribution in [2.24, 2.45) is 5.92 Å². The van der Waals surface area contributed by atoms with Gasteiger partial charge in [-0.1, -0.05) is 41.9 Å². The molecule has 1 saturated heterocycles. The van der Waals surface area contributed by atoms with Gasteiger partial charge in [-0.2, -0.15) is 4.31 Å². The van der Waals surface area contributed by atoms with Crippen molar-refractivity contribution in [1.29, 1.82) is 0 Å². The lowest BCUT2D eigenvalue weighted by Gasteiger charge is -2.31. The van der Waals surface area contributed by atoms with Gasteiger partial charge in [0.05, 0.1) is 16.3 Å². The molecule has 1 aromatic heterocycles. The highest BCUT2D eigenvalue weighted by Gasteiger charge is 2.31. The molecular formula is C25H25ClN2O5S. The summed E-state index contributed by atoms with van der Waals surface area (Å²) < 4.78 is 33.1. The fourth-order valence-corrected chi connectivity index (χ4v) is 6.03. The normalized spacial score (nSPS) is 15.2. The average Bonchev–Trinajstić information content (AvgIpc) is 3.39.